The Hall–Kier alpha value is -0.620. The predicted octanol–water partition coefficient (Wildman–Crippen LogP) is 1.83. The van der Waals surface area contributed by atoms with Crippen molar-refractivity contribution in [3.8, 4) is 0 Å². The maximum atomic E-state index is 12.3. The van der Waals surface area contributed by atoms with Gasteiger partial charge in [-0.25, -0.2) is 12.7 Å². The van der Waals surface area contributed by atoms with E-state index in [1.807, 2.05) is 0 Å². The Morgan fingerprint density at radius 1 is 1.44 bits per heavy atom. The second-order valence-electron chi connectivity index (χ2n) is 4.69. The molecule has 0 amide bonds. The molecule has 2 rings (SSSR count). The van der Waals surface area contributed by atoms with Crippen LogP contribution in [0.3, 0.4) is 0 Å². The third-order valence-electron chi connectivity index (χ3n) is 3.16. The number of hydrogen-bond acceptors (Lipinski definition) is 3. The molecule has 6 heteroatoms. The summed E-state index contributed by atoms with van der Waals surface area (Å²) >= 11 is 5.93. The topological polar surface area (TPSA) is 63.4 Å². The van der Waals surface area contributed by atoms with Crippen molar-refractivity contribution in [2.45, 2.75) is 24.3 Å². The number of benzene rings is 1. The third kappa shape index (κ3) is 2.85. The van der Waals surface area contributed by atoms with Gasteiger partial charge >= 0.3 is 0 Å². The molecule has 18 heavy (non-hydrogen) atoms. The van der Waals surface area contributed by atoms with Crippen LogP contribution in [0.15, 0.2) is 23.1 Å². The molecule has 0 atom stereocenters. The van der Waals surface area contributed by atoms with Gasteiger partial charge in [0.15, 0.2) is 0 Å². The molecule has 1 aromatic carbocycles. The zero-order valence-corrected chi connectivity index (χ0v) is 11.8. The number of halogens is 1. The van der Waals surface area contributed by atoms with Gasteiger partial charge in [-0.2, -0.15) is 0 Å². The van der Waals surface area contributed by atoms with E-state index in [4.69, 9.17) is 17.3 Å². The Labute approximate surface area is 113 Å². The molecule has 0 heterocycles. The number of sulfonamides is 1. The zero-order chi connectivity index (χ0) is 13.3. The van der Waals surface area contributed by atoms with Crippen molar-refractivity contribution in [2.75, 3.05) is 13.6 Å². The Bertz CT molecular complexity index is 541. The van der Waals surface area contributed by atoms with E-state index in [1.165, 1.54) is 10.4 Å². The van der Waals surface area contributed by atoms with E-state index in [0.29, 0.717) is 23.0 Å². The van der Waals surface area contributed by atoms with Crippen molar-refractivity contribution < 1.29 is 8.42 Å². The molecule has 1 aliphatic carbocycles. The summed E-state index contributed by atoms with van der Waals surface area (Å²) in [7, 11) is -1.81. The van der Waals surface area contributed by atoms with Gasteiger partial charge in [-0.05, 0) is 42.5 Å². The standard InChI is InChI=1S/C12H17ClN2O2S/c1-15(8-9-2-3-9)18(16,17)11-4-5-12(13)10(6-11)7-14/h4-6,9H,2-3,7-8,14H2,1H3. The van der Waals surface area contributed by atoms with E-state index in [0.717, 1.165) is 12.8 Å². The third-order valence-corrected chi connectivity index (χ3v) is 5.35. The normalized spacial score (nSPS) is 16.2. The lowest BCUT2D eigenvalue weighted by molar-refractivity contribution is 0.453. The molecule has 1 aromatic rings. The van der Waals surface area contributed by atoms with E-state index in [9.17, 15) is 8.42 Å². The summed E-state index contributed by atoms with van der Waals surface area (Å²) in [6.07, 6.45) is 2.24. The largest absolute Gasteiger partial charge is 0.326 e. The minimum absolute atomic E-state index is 0.231. The van der Waals surface area contributed by atoms with Crippen molar-refractivity contribution in [1.82, 2.24) is 4.31 Å². The molecule has 0 spiro atoms. The molecule has 0 aliphatic heterocycles. The first-order valence-corrected chi connectivity index (χ1v) is 7.72. The predicted molar refractivity (Wildman–Crippen MR) is 71.9 cm³/mol. The average Bonchev–Trinajstić information content (AvgIpc) is 3.13. The molecule has 0 aromatic heterocycles. The number of rotatable bonds is 5. The molecule has 4 nitrogen and oxygen atoms in total. The van der Waals surface area contributed by atoms with Gasteiger partial charge in [0, 0.05) is 25.2 Å². The van der Waals surface area contributed by atoms with Gasteiger partial charge in [0.25, 0.3) is 0 Å². The Kier molecular flexibility index (Phi) is 3.96. The van der Waals surface area contributed by atoms with Crippen molar-refractivity contribution in [1.29, 1.82) is 0 Å². The molecule has 1 saturated carbocycles. The molecule has 0 saturated heterocycles. The van der Waals surface area contributed by atoms with Crippen LogP contribution < -0.4 is 5.73 Å². The lowest BCUT2D eigenvalue weighted by Crippen LogP contribution is -2.29. The minimum atomic E-state index is -3.42. The Balaban J connectivity index is 2.27. The summed E-state index contributed by atoms with van der Waals surface area (Å²) in [5.41, 5.74) is 6.19. The highest BCUT2D eigenvalue weighted by atomic mass is 35.5. The highest BCUT2D eigenvalue weighted by Gasteiger charge is 2.29. The van der Waals surface area contributed by atoms with Gasteiger partial charge in [0.1, 0.15) is 0 Å². The monoisotopic (exact) mass is 288 g/mol. The SMILES string of the molecule is CN(CC1CC1)S(=O)(=O)c1ccc(Cl)c(CN)c1. The summed E-state index contributed by atoms with van der Waals surface area (Å²) in [6.45, 7) is 0.817. The molecule has 1 aliphatic rings. The van der Waals surface area contributed by atoms with E-state index in [1.54, 1.807) is 19.2 Å². The molecular formula is C12H17ClN2O2S. The fourth-order valence-corrected chi connectivity index (χ4v) is 3.30. The first kappa shape index (κ1) is 13.8. The van der Waals surface area contributed by atoms with E-state index >= 15 is 0 Å². The molecule has 2 N–H and O–H groups in total. The Morgan fingerprint density at radius 3 is 2.67 bits per heavy atom. The number of hydrogen-bond donors (Lipinski definition) is 1. The second-order valence-corrected chi connectivity index (χ2v) is 7.14. The molecule has 0 radical (unpaired) electrons. The lowest BCUT2D eigenvalue weighted by atomic mass is 10.2. The lowest BCUT2D eigenvalue weighted by Gasteiger charge is -2.17. The van der Waals surface area contributed by atoms with Gasteiger partial charge in [0.2, 0.25) is 10.0 Å². The summed E-state index contributed by atoms with van der Waals surface area (Å²) in [4.78, 5) is 0.260. The van der Waals surface area contributed by atoms with Gasteiger partial charge < -0.3 is 5.73 Å². The maximum Gasteiger partial charge on any atom is 0.242 e. The maximum absolute atomic E-state index is 12.3. The van der Waals surface area contributed by atoms with E-state index in [-0.39, 0.29) is 11.4 Å². The van der Waals surface area contributed by atoms with Gasteiger partial charge in [-0.1, -0.05) is 11.6 Å². The van der Waals surface area contributed by atoms with E-state index < -0.39 is 10.0 Å². The van der Waals surface area contributed by atoms with Gasteiger partial charge in [0.05, 0.1) is 4.90 Å². The van der Waals surface area contributed by atoms with Crippen LogP contribution in [0.1, 0.15) is 18.4 Å². The first-order valence-electron chi connectivity index (χ1n) is 5.90. The molecule has 1 fully saturated rings. The number of nitrogens with two attached hydrogens (primary N) is 1. The quantitative estimate of drug-likeness (QED) is 0.899. The highest BCUT2D eigenvalue weighted by Crippen LogP contribution is 2.31. The van der Waals surface area contributed by atoms with Crippen LogP contribution in [0.4, 0.5) is 0 Å². The highest BCUT2D eigenvalue weighted by molar-refractivity contribution is 7.89. The van der Waals surface area contributed by atoms with Crippen LogP contribution in [0, 0.1) is 5.92 Å². The zero-order valence-electron chi connectivity index (χ0n) is 10.3. The summed E-state index contributed by atoms with van der Waals surface area (Å²) in [6, 6.07) is 4.67. The van der Waals surface area contributed by atoms with Crippen molar-refractivity contribution in [3.63, 3.8) is 0 Å². The smallest absolute Gasteiger partial charge is 0.242 e. The Morgan fingerprint density at radius 2 is 2.11 bits per heavy atom. The average molecular weight is 289 g/mol. The van der Waals surface area contributed by atoms with Crippen molar-refractivity contribution in [3.05, 3.63) is 28.8 Å². The van der Waals surface area contributed by atoms with Crippen LogP contribution in [0.2, 0.25) is 5.02 Å². The fourth-order valence-electron chi connectivity index (χ4n) is 1.81. The summed E-state index contributed by atoms with van der Waals surface area (Å²) in [5.74, 6) is 0.519. The minimum Gasteiger partial charge on any atom is -0.326 e. The van der Waals surface area contributed by atoms with Crippen molar-refractivity contribution >= 4 is 21.6 Å². The van der Waals surface area contributed by atoms with Crippen LogP contribution in [0.5, 0.6) is 0 Å². The van der Waals surface area contributed by atoms with Crippen LogP contribution in [0.25, 0.3) is 0 Å². The van der Waals surface area contributed by atoms with Crippen molar-refractivity contribution in [2.24, 2.45) is 11.7 Å². The molecule has 0 bridgehead atoms. The van der Waals surface area contributed by atoms with Gasteiger partial charge in [-0.3, -0.25) is 0 Å². The number of nitrogens with zero attached hydrogens (tertiary/aromatic N) is 1. The summed E-state index contributed by atoms with van der Waals surface area (Å²) in [5, 5.41) is 0.501. The molecule has 100 valence electrons. The summed E-state index contributed by atoms with van der Waals surface area (Å²) < 4.78 is 26.0. The van der Waals surface area contributed by atoms with Crippen LogP contribution in [-0.4, -0.2) is 26.3 Å². The molecular weight excluding hydrogens is 272 g/mol. The first-order chi connectivity index (χ1) is 8.45. The van der Waals surface area contributed by atoms with E-state index in [2.05, 4.69) is 0 Å². The van der Waals surface area contributed by atoms with Gasteiger partial charge in [-0.15, -0.1) is 0 Å². The van der Waals surface area contributed by atoms with Crippen LogP contribution >= 0.6 is 11.6 Å². The van der Waals surface area contributed by atoms with Crippen LogP contribution in [-0.2, 0) is 16.6 Å². The fraction of sp³-hybridized carbons (Fsp3) is 0.500. The second kappa shape index (κ2) is 5.17. The molecule has 0 unspecified atom stereocenters.